The van der Waals surface area contributed by atoms with Crippen LogP contribution >= 0.6 is 0 Å². The summed E-state index contributed by atoms with van der Waals surface area (Å²) in [6.45, 7) is 12.5. The van der Waals surface area contributed by atoms with Crippen molar-refractivity contribution in [1.29, 1.82) is 0 Å². The van der Waals surface area contributed by atoms with Crippen LogP contribution in [0, 0.1) is 0 Å². The lowest BCUT2D eigenvalue weighted by atomic mass is 10.1. The number of nitrogens with zero attached hydrogens (tertiary/aromatic N) is 2. The van der Waals surface area contributed by atoms with Crippen molar-refractivity contribution in [3.63, 3.8) is 0 Å². The number of ether oxygens (including phenoxy) is 4. The fraction of sp³-hybridized carbons (Fsp3) is 0.593. The van der Waals surface area contributed by atoms with Crippen LogP contribution < -0.4 is 10.4 Å². The Morgan fingerprint density at radius 3 is 2.23 bits per heavy atom. The zero-order valence-corrected chi connectivity index (χ0v) is 21.0. The topological polar surface area (TPSA) is 73.6 Å². The molecule has 0 amide bonds. The predicted molar refractivity (Wildman–Crippen MR) is 137 cm³/mol. The van der Waals surface area contributed by atoms with Crippen LogP contribution in [0.2, 0.25) is 0 Å². The monoisotopic (exact) mass is 488 g/mol. The van der Waals surface area contributed by atoms with Crippen molar-refractivity contribution in [2.75, 3.05) is 79.5 Å². The molecule has 0 atom stereocenters. The van der Waals surface area contributed by atoms with Crippen molar-refractivity contribution in [2.45, 2.75) is 25.8 Å². The second-order valence-corrected chi connectivity index (χ2v) is 8.69. The van der Waals surface area contributed by atoms with Gasteiger partial charge >= 0.3 is 5.63 Å². The molecule has 194 valence electrons. The van der Waals surface area contributed by atoms with Gasteiger partial charge in [-0.1, -0.05) is 6.08 Å². The normalized spacial score (nSPS) is 18.1. The Kier molecular flexibility index (Phi) is 12.3. The molecule has 0 aliphatic carbocycles. The lowest BCUT2D eigenvalue weighted by Gasteiger charge is -2.24. The molecular weight excluding hydrogens is 448 g/mol. The summed E-state index contributed by atoms with van der Waals surface area (Å²) in [4.78, 5) is 16.9. The minimum Gasteiger partial charge on any atom is -0.497 e. The molecule has 0 unspecified atom stereocenters. The Morgan fingerprint density at radius 1 is 0.914 bits per heavy atom. The zero-order valence-electron chi connectivity index (χ0n) is 21.0. The molecule has 1 aromatic heterocycles. The maximum absolute atomic E-state index is 12.2. The first-order chi connectivity index (χ1) is 17.2. The van der Waals surface area contributed by atoms with Crippen LogP contribution in [-0.2, 0) is 20.8 Å². The van der Waals surface area contributed by atoms with Crippen molar-refractivity contribution in [3.8, 4) is 5.75 Å². The van der Waals surface area contributed by atoms with Crippen LogP contribution in [0.15, 0.2) is 46.1 Å². The number of allylic oxidation sites excluding steroid dienone is 1. The fourth-order valence-electron chi connectivity index (χ4n) is 4.14. The molecule has 35 heavy (non-hydrogen) atoms. The number of fused-ring (bicyclic) bond motifs is 1. The summed E-state index contributed by atoms with van der Waals surface area (Å²) in [7, 11) is 1.60. The molecule has 0 bridgehead atoms. The highest BCUT2D eigenvalue weighted by Gasteiger charge is 2.13. The van der Waals surface area contributed by atoms with Gasteiger partial charge in [0.25, 0.3) is 0 Å². The molecule has 1 aliphatic heterocycles. The third kappa shape index (κ3) is 9.74. The van der Waals surface area contributed by atoms with Gasteiger partial charge in [-0.05, 0) is 43.5 Å². The second-order valence-electron chi connectivity index (χ2n) is 8.69. The highest BCUT2D eigenvalue weighted by Crippen LogP contribution is 2.23. The summed E-state index contributed by atoms with van der Waals surface area (Å²) in [6.07, 6.45) is 5.34. The summed E-state index contributed by atoms with van der Waals surface area (Å²) in [6, 6.07) is 7.15. The van der Waals surface area contributed by atoms with Gasteiger partial charge in [-0.2, -0.15) is 0 Å². The van der Waals surface area contributed by atoms with Crippen LogP contribution in [0.5, 0.6) is 5.75 Å². The Bertz CT molecular complexity index is 947. The van der Waals surface area contributed by atoms with E-state index >= 15 is 0 Å². The number of benzene rings is 1. The third-order valence-corrected chi connectivity index (χ3v) is 6.14. The Morgan fingerprint density at radius 2 is 1.57 bits per heavy atom. The smallest absolute Gasteiger partial charge is 0.336 e. The van der Waals surface area contributed by atoms with E-state index in [0.717, 1.165) is 62.9 Å². The molecule has 0 radical (unpaired) electrons. The molecule has 3 rings (SSSR count). The van der Waals surface area contributed by atoms with Gasteiger partial charge < -0.3 is 23.4 Å². The molecule has 0 saturated carbocycles. The summed E-state index contributed by atoms with van der Waals surface area (Å²) >= 11 is 0. The molecule has 1 aromatic carbocycles. The number of unbranched alkanes of at least 4 members (excludes halogenated alkanes) is 2. The van der Waals surface area contributed by atoms with Crippen molar-refractivity contribution in [3.05, 3.63) is 52.9 Å². The lowest BCUT2D eigenvalue weighted by Crippen LogP contribution is -2.33. The summed E-state index contributed by atoms with van der Waals surface area (Å²) in [5.41, 5.74) is 1.09. The Labute approximate surface area is 208 Å². The van der Waals surface area contributed by atoms with E-state index in [4.69, 9.17) is 23.4 Å². The van der Waals surface area contributed by atoms with Crippen LogP contribution in [0.4, 0.5) is 0 Å². The quantitative estimate of drug-likeness (QED) is 0.318. The van der Waals surface area contributed by atoms with Gasteiger partial charge in [0.15, 0.2) is 0 Å². The SMILES string of the molecule is C=CCCCCN1CCOCCOCCN(Cc2cc(=O)oc3cc(OC)ccc23)CCOCC1. The van der Waals surface area contributed by atoms with Crippen LogP contribution in [0.1, 0.15) is 24.8 Å². The van der Waals surface area contributed by atoms with Crippen LogP contribution in [0.3, 0.4) is 0 Å². The zero-order chi connectivity index (χ0) is 24.7. The van der Waals surface area contributed by atoms with E-state index in [0.29, 0.717) is 57.5 Å². The first-order valence-electron chi connectivity index (χ1n) is 12.6. The van der Waals surface area contributed by atoms with Gasteiger partial charge in [-0.15, -0.1) is 6.58 Å². The summed E-state index contributed by atoms with van der Waals surface area (Å²) in [5, 5.41) is 0.906. The van der Waals surface area contributed by atoms with E-state index in [2.05, 4.69) is 16.4 Å². The van der Waals surface area contributed by atoms with Crippen molar-refractivity contribution in [1.82, 2.24) is 9.80 Å². The largest absolute Gasteiger partial charge is 0.497 e. The van der Waals surface area contributed by atoms with Gasteiger partial charge in [-0.3, -0.25) is 9.80 Å². The molecule has 2 aromatic rings. The minimum absolute atomic E-state index is 0.364. The highest BCUT2D eigenvalue weighted by molar-refractivity contribution is 5.81. The van der Waals surface area contributed by atoms with E-state index in [9.17, 15) is 4.79 Å². The molecule has 0 spiro atoms. The second kappa shape index (κ2) is 15.7. The predicted octanol–water partition coefficient (Wildman–Crippen LogP) is 3.33. The molecule has 2 heterocycles. The van der Waals surface area contributed by atoms with Crippen molar-refractivity contribution < 1.29 is 23.4 Å². The number of rotatable bonds is 8. The number of hydrogen-bond acceptors (Lipinski definition) is 8. The molecule has 8 nitrogen and oxygen atoms in total. The fourth-order valence-corrected chi connectivity index (χ4v) is 4.14. The van der Waals surface area contributed by atoms with E-state index in [1.165, 1.54) is 0 Å². The number of hydrogen-bond donors (Lipinski definition) is 0. The maximum atomic E-state index is 12.2. The van der Waals surface area contributed by atoms with Gasteiger partial charge in [0.05, 0.1) is 46.8 Å². The van der Waals surface area contributed by atoms with Crippen LogP contribution in [0.25, 0.3) is 11.0 Å². The minimum atomic E-state index is -0.364. The highest BCUT2D eigenvalue weighted by atomic mass is 16.5. The average Bonchev–Trinajstić information content (AvgIpc) is 2.86. The molecule has 1 saturated heterocycles. The van der Waals surface area contributed by atoms with Gasteiger partial charge in [0, 0.05) is 50.2 Å². The van der Waals surface area contributed by atoms with Gasteiger partial charge in [0.2, 0.25) is 0 Å². The van der Waals surface area contributed by atoms with Crippen molar-refractivity contribution >= 4 is 11.0 Å². The van der Waals surface area contributed by atoms with E-state index < -0.39 is 0 Å². The number of methoxy groups -OCH3 is 1. The lowest BCUT2D eigenvalue weighted by molar-refractivity contribution is 0.0316. The maximum Gasteiger partial charge on any atom is 0.336 e. The van der Waals surface area contributed by atoms with Gasteiger partial charge in [-0.25, -0.2) is 4.79 Å². The standard InChI is InChI=1S/C27H40N2O6/c1-3-4-5-6-9-28-10-14-32-16-12-29(13-17-34-19-18-33-15-11-28)22-23-20-27(30)35-26-21-24(31-2)7-8-25(23)26/h3,7-8,20-21H,1,4-6,9-19,22H2,2H3. The van der Waals surface area contributed by atoms with Crippen molar-refractivity contribution in [2.24, 2.45) is 0 Å². The first kappa shape index (κ1) is 27.4. The Hall–Kier alpha value is -2.23. The van der Waals surface area contributed by atoms with E-state index in [1.807, 2.05) is 18.2 Å². The third-order valence-electron chi connectivity index (χ3n) is 6.14. The molecular formula is C27H40N2O6. The van der Waals surface area contributed by atoms with E-state index in [1.54, 1.807) is 19.2 Å². The van der Waals surface area contributed by atoms with Gasteiger partial charge in [0.1, 0.15) is 11.3 Å². The molecule has 8 heteroatoms. The average molecular weight is 489 g/mol. The summed E-state index contributed by atoms with van der Waals surface area (Å²) < 4.78 is 28.3. The Balaban J connectivity index is 1.60. The van der Waals surface area contributed by atoms with Crippen LogP contribution in [-0.4, -0.2) is 89.3 Å². The summed E-state index contributed by atoms with van der Waals surface area (Å²) in [5.74, 6) is 0.658. The molecule has 0 N–H and O–H groups in total. The molecule has 1 fully saturated rings. The first-order valence-corrected chi connectivity index (χ1v) is 12.6. The molecule has 1 aliphatic rings. The van der Waals surface area contributed by atoms with E-state index in [-0.39, 0.29) is 5.63 Å².